The van der Waals surface area contributed by atoms with Crippen LogP contribution < -0.4 is 15.4 Å². The van der Waals surface area contributed by atoms with Gasteiger partial charge in [0.2, 0.25) is 10.0 Å². The fraction of sp³-hybridized carbons (Fsp3) is 0.350. The fourth-order valence-electron chi connectivity index (χ4n) is 3.33. The Hall–Kier alpha value is -2.66. The average molecular weight is 433 g/mol. The molecule has 0 spiro atoms. The van der Waals surface area contributed by atoms with Crippen molar-refractivity contribution in [3.63, 3.8) is 0 Å². The van der Waals surface area contributed by atoms with Gasteiger partial charge in [0.05, 0.1) is 25.5 Å². The lowest BCUT2D eigenvalue weighted by molar-refractivity contribution is 0.0730. The van der Waals surface area contributed by atoms with E-state index >= 15 is 0 Å². The molecule has 1 saturated heterocycles. The first-order chi connectivity index (χ1) is 14.5. The van der Waals surface area contributed by atoms with Crippen molar-refractivity contribution in [3.05, 3.63) is 42.0 Å². The zero-order valence-corrected chi connectivity index (χ0v) is 17.3. The molecule has 0 aliphatic carbocycles. The minimum atomic E-state index is -3.88. The summed E-state index contributed by atoms with van der Waals surface area (Å²) in [5.74, 6) is 0.423. The summed E-state index contributed by atoms with van der Waals surface area (Å²) in [6.07, 6.45) is 0. The molecule has 0 atom stereocenters. The summed E-state index contributed by atoms with van der Waals surface area (Å²) >= 11 is 0. The van der Waals surface area contributed by atoms with Crippen LogP contribution >= 0.6 is 0 Å². The van der Waals surface area contributed by atoms with Crippen molar-refractivity contribution in [2.45, 2.75) is 4.90 Å². The van der Waals surface area contributed by atoms with Crippen LogP contribution in [0.1, 0.15) is 10.4 Å². The standard InChI is InChI=1S/C20H23N3O6S/c1-27-9-6-21-20(24)14-12-17-19(22-15-4-2-3-5-16(15)29-17)18(13-14)30(25,26)23-7-10-28-11-8-23/h2-5,12-13,22H,6-11H2,1H3,(H,21,24). The van der Waals surface area contributed by atoms with Crippen molar-refractivity contribution in [1.29, 1.82) is 0 Å². The molecule has 2 heterocycles. The van der Waals surface area contributed by atoms with Gasteiger partial charge < -0.3 is 24.8 Å². The Morgan fingerprint density at radius 3 is 2.73 bits per heavy atom. The predicted octanol–water partition coefficient (Wildman–Crippen LogP) is 1.93. The molecule has 160 valence electrons. The van der Waals surface area contributed by atoms with Crippen LogP contribution in [0.15, 0.2) is 41.3 Å². The molecule has 1 amide bonds. The smallest absolute Gasteiger partial charge is 0.251 e. The fourth-order valence-corrected chi connectivity index (χ4v) is 4.93. The highest BCUT2D eigenvalue weighted by Crippen LogP contribution is 2.46. The van der Waals surface area contributed by atoms with Crippen molar-refractivity contribution >= 4 is 27.3 Å². The lowest BCUT2D eigenvalue weighted by Crippen LogP contribution is -2.41. The van der Waals surface area contributed by atoms with Gasteiger partial charge in [0.1, 0.15) is 10.6 Å². The van der Waals surface area contributed by atoms with Gasteiger partial charge in [-0.1, -0.05) is 12.1 Å². The highest BCUT2D eigenvalue weighted by Gasteiger charge is 2.33. The molecule has 10 heteroatoms. The Bertz CT molecular complexity index is 1050. The van der Waals surface area contributed by atoms with Gasteiger partial charge in [-0.25, -0.2) is 8.42 Å². The summed E-state index contributed by atoms with van der Waals surface area (Å²) < 4.78 is 44.4. The van der Waals surface area contributed by atoms with Gasteiger partial charge in [-0.15, -0.1) is 0 Å². The third-order valence-electron chi connectivity index (χ3n) is 4.87. The molecule has 0 bridgehead atoms. The number of methoxy groups -OCH3 is 1. The molecule has 9 nitrogen and oxygen atoms in total. The molecule has 30 heavy (non-hydrogen) atoms. The van der Waals surface area contributed by atoms with E-state index in [1.54, 1.807) is 18.2 Å². The van der Waals surface area contributed by atoms with E-state index in [-0.39, 0.29) is 29.3 Å². The van der Waals surface area contributed by atoms with Crippen LogP contribution in [0.2, 0.25) is 0 Å². The van der Waals surface area contributed by atoms with E-state index in [1.165, 1.54) is 17.5 Å². The summed E-state index contributed by atoms with van der Waals surface area (Å²) in [5, 5.41) is 5.87. The molecule has 2 aliphatic rings. The first-order valence-corrected chi connectivity index (χ1v) is 11.0. The number of para-hydroxylation sites is 2. The Labute approximate surface area is 175 Å². The highest BCUT2D eigenvalue weighted by molar-refractivity contribution is 7.89. The van der Waals surface area contributed by atoms with Crippen LogP contribution in [-0.4, -0.2) is 65.2 Å². The number of rotatable bonds is 6. The number of fused-ring (bicyclic) bond motifs is 2. The average Bonchev–Trinajstić information content (AvgIpc) is 2.77. The second-order valence-corrected chi connectivity index (χ2v) is 8.74. The maximum absolute atomic E-state index is 13.4. The van der Waals surface area contributed by atoms with Crippen molar-refractivity contribution in [2.75, 3.05) is 51.9 Å². The van der Waals surface area contributed by atoms with Crippen molar-refractivity contribution in [1.82, 2.24) is 9.62 Å². The first-order valence-electron chi connectivity index (χ1n) is 9.57. The number of hydrogen-bond acceptors (Lipinski definition) is 7. The monoisotopic (exact) mass is 433 g/mol. The van der Waals surface area contributed by atoms with Crippen molar-refractivity contribution in [3.8, 4) is 11.5 Å². The van der Waals surface area contributed by atoms with E-state index < -0.39 is 15.9 Å². The number of sulfonamides is 1. The Balaban J connectivity index is 1.77. The number of nitrogens with one attached hydrogen (secondary N) is 2. The second-order valence-electron chi connectivity index (χ2n) is 6.84. The summed E-state index contributed by atoms with van der Waals surface area (Å²) in [6.45, 7) is 1.80. The number of ether oxygens (including phenoxy) is 3. The van der Waals surface area contributed by atoms with Crippen LogP contribution in [-0.2, 0) is 19.5 Å². The van der Waals surface area contributed by atoms with E-state index in [0.717, 1.165) is 0 Å². The van der Waals surface area contributed by atoms with Crippen LogP contribution in [0.3, 0.4) is 0 Å². The van der Waals surface area contributed by atoms with Gasteiger partial charge in [-0.3, -0.25) is 4.79 Å². The normalized spacial score (nSPS) is 16.0. The van der Waals surface area contributed by atoms with Crippen molar-refractivity contribution < 1.29 is 27.4 Å². The number of hydrogen-bond donors (Lipinski definition) is 2. The van der Waals surface area contributed by atoms with Gasteiger partial charge in [-0.05, 0) is 24.3 Å². The van der Waals surface area contributed by atoms with Gasteiger partial charge in [-0.2, -0.15) is 4.31 Å². The number of anilines is 2. The third-order valence-corrected chi connectivity index (χ3v) is 6.80. The van der Waals surface area contributed by atoms with Crippen LogP contribution in [0, 0.1) is 0 Å². The molecule has 2 aromatic rings. The zero-order chi connectivity index (χ0) is 21.1. The molecular weight excluding hydrogens is 410 g/mol. The molecule has 0 radical (unpaired) electrons. The maximum atomic E-state index is 13.4. The molecule has 0 unspecified atom stereocenters. The Morgan fingerprint density at radius 2 is 1.97 bits per heavy atom. The molecule has 4 rings (SSSR count). The topological polar surface area (TPSA) is 106 Å². The van der Waals surface area contributed by atoms with Gasteiger partial charge in [0.15, 0.2) is 11.5 Å². The summed E-state index contributed by atoms with van der Waals surface area (Å²) in [4.78, 5) is 12.6. The number of morpholine rings is 1. The van der Waals surface area contributed by atoms with E-state index in [4.69, 9.17) is 14.2 Å². The van der Waals surface area contributed by atoms with Gasteiger partial charge in [0, 0.05) is 32.3 Å². The lowest BCUT2D eigenvalue weighted by atomic mass is 10.1. The number of carbonyl (C=O) groups is 1. The zero-order valence-electron chi connectivity index (χ0n) is 16.5. The molecular formula is C20H23N3O6S. The van der Waals surface area contributed by atoms with Crippen molar-refractivity contribution in [2.24, 2.45) is 0 Å². The molecule has 0 saturated carbocycles. The lowest BCUT2D eigenvalue weighted by Gasteiger charge is -2.29. The summed E-state index contributed by atoms with van der Waals surface area (Å²) in [6, 6.07) is 10.1. The van der Waals surface area contributed by atoms with Gasteiger partial charge >= 0.3 is 0 Å². The minimum absolute atomic E-state index is 0.00621. The number of carbonyl (C=O) groups excluding carboxylic acids is 1. The predicted molar refractivity (Wildman–Crippen MR) is 110 cm³/mol. The summed E-state index contributed by atoms with van der Waals surface area (Å²) in [7, 11) is -2.34. The molecule has 2 N–H and O–H groups in total. The second kappa shape index (κ2) is 8.60. The quantitative estimate of drug-likeness (QED) is 0.572. The van der Waals surface area contributed by atoms with E-state index in [0.29, 0.717) is 43.5 Å². The minimum Gasteiger partial charge on any atom is -0.453 e. The Kier molecular flexibility index (Phi) is 5.91. The maximum Gasteiger partial charge on any atom is 0.251 e. The molecule has 2 aliphatic heterocycles. The largest absolute Gasteiger partial charge is 0.453 e. The van der Waals surface area contributed by atoms with E-state index in [2.05, 4.69) is 10.6 Å². The molecule has 0 aromatic heterocycles. The molecule has 1 fully saturated rings. The Morgan fingerprint density at radius 1 is 1.20 bits per heavy atom. The number of nitrogens with zero attached hydrogens (tertiary/aromatic N) is 1. The SMILES string of the molecule is COCCNC(=O)c1cc2c(c(S(=O)(=O)N3CCOCC3)c1)Nc1ccccc1O2. The van der Waals surface area contributed by atoms with Crippen LogP contribution in [0.25, 0.3) is 0 Å². The van der Waals surface area contributed by atoms with Gasteiger partial charge in [0.25, 0.3) is 5.91 Å². The van der Waals surface area contributed by atoms with E-state index in [9.17, 15) is 13.2 Å². The highest BCUT2D eigenvalue weighted by atomic mass is 32.2. The van der Waals surface area contributed by atoms with Crippen LogP contribution in [0.4, 0.5) is 11.4 Å². The number of amides is 1. The number of benzene rings is 2. The van der Waals surface area contributed by atoms with E-state index in [1.807, 2.05) is 12.1 Å². The van der Waals surface area contributed by atoms with Crippen LogP contribution in [0.5, 0.6) is 11.5 Å². The third kappa shape index (κ3) is 3.99. The summed E-state index contributed by atoms with van der Waals surface area (Å²) in [5.41, 5.74) is 1.16. The first kappa shape index (κ1) is 20.6. The molecule has 2 aromatic carbocycles.